The molecule has 0 amide bonds. The van der Waals surface area contributed by atoms with Crippen molar-refractivity contribution >= 4 is 29.2 Å². The molecule has 4 aromatic rings. The van der Waals surface area contributed by atoms with Crippen LogP contribution in [0.3, 0.4) is 0 Å². The lowest BCUT2D eigenvalue weighted by Gasteiger charge is -2.27. The minimum Gasteiger partial charge on any atom is -0.490 e. The fourth-order valence-electron chi connectivity index (χ4n) is 4.67. The predicted octanol–water partition coefficient (Wildman–Crippen LogP) is 7.48. The van der Waals surface area contributed by atoms with Gasteiger partial charge in [0.2, 0.25) is 5.88 Å². The Morgan fingerprint density at radius 1 is 0.932 bits per heavy atom. The molecule has 4 aromatic carbocycles. The maximum absolute atomic E-state index is 12.5. The van der Waals surface area contributed by atoms with E-state index in [0.29, 0.717) is 46.8 Å². The van der Waals surface area contributed by atoms with Crippen LogP contribution in [0.25, 0.3) is 0 Å². The quantitative estimate of drug-likeness (QED) is 0.142. The molecule has 0 fully saturated rings. The minimum atomic E-state index is -0.660. The van der Waals surface area contributed by atoms with Crippen LogP contribution in [0.5, 0.6) is 28.7 Å². The number of allylic oxidation sites excluding steroid dienone is 1. The smallest absolute Gasteiger partial charge is 0.349 e. The number of esters is 1. The summed E-state index contributed by atoms with van der Waals surface area (Å²) in [5, 5.41) is 10.7. The fourth-order valence-corrected chi connectivity index (χ4v) is 5.13. The van der Waals surface area contributed by atoms with Crippen LogP contribution in [-0.4, -0.2) is 19.2 Å². The number of ether oxygens (including phenoxy) is 5. The van der Waals surface area contributed by atoms with Gasteiger partial charge in [-0.05, 0) is 61.4 Å². The highest BCUT2D eigenvalue weighted by Crippen LogP contribution is 2.45. The second-order valence-electron chi connectivity index (χ2n) is 9.88. The molecule has 224 valence electrons. The Kier molecular flexibility index (Phi) is 9.49. The highest BCUT2D eigenvalue weighted by Gasteiger charge is 2.32. The van der Waals surface area contributed by atoms with E-state index in [4.69, 9.17) is 52.6 Å². The van der Waals surface area contributed by atoms with E-state index >= 15 is 0 Å². The van der Waals surface area contributed by atoms with E-state index in [-0.39, 0.29) is 28.8 Å². The molecule has 0 aromatic heterocycles. The van der Waals surface area contributed by atoms with Gasteiger partial charge in [0.15, 0.2) is 18.1 Å². The number of nitrogens with zero attached hydrogens (tertiary/aromatic N) is 1. The lowest BCUT2D eigenvalue weighted by Crippen LogP contribution is -2.22. The average molecular weight is 632 g/mol. The number of hydrogen-bond acceptors (Lipinski definition) is 8. The van der Waals surface area contributed by atoms with Crippen molar-refractivity contribution in [2.24, 2.45) is 5.73 Å². The summed E-state index contributed by atoms with van der Waals surface area (Å²) in [6.45, 7) is 4.32. The molecule has 0 bridgehead atoms. The molecule has 1 unspecified atom stereocenters. The number of rotatable bonds is 10. The van der Waals surface area contributed by atoms with E-state index in [0.717, 1.165) is 11.1 Å². The summed E-state index contributed by atoms with van der Waals surface area (Å²) in [6, 6.07) is 25.4. The SMILES string of the molecule is CCOc1cc(C2C(C#N)=C(N)Oc3cc(OC(=O)COc4ccc(Cl)cc4Cl)ccc32)ccc1OCc1ccc(C)cc1. The molecule has 5 rings (SSSR count). The second kappa shape index (κ2) is 13.6. The summed E-state index contributed by atoms with van der Waals surface area (Å²) in [5.41, 5.74) is 10.0. The summed E-state index contributed by atoms with van der Waals surface area (Å²) < 4.78 is 28.7. The van der Waals surface area contributed by atoms with Crippen LogP contribution >= 0.6 is 23.2 Å². The molecule has 8 nitrogen and oxygen atoms in total. The molecule has 0 saturated heterocycles. The third-order valence-electron chi connectivity index (χ3n) is 6.78. The van der Waals surface area contributed by atoms with Crippen molar-refractivity contribution in [3.05, 3.63) is 123 Å². The topological polar surface area (TPSA) is 113 Å². The Balaban J connectivity index is 1.36. The minimum absolute atomic E-state index is 0.0492. The van der Waals surface area contributed by atoms with Gasteiger partial charge in [-0.15, -0.1) is 0 Å². The number of aryl methyl sites for hydroxylation is 1. The van der Waals surface area contributed by atoms with E-state index in [2.05, 4.69) is 6.07 Å². The molecule has 0 radical (unpaired) electrons. The summed E-state index contributed by atoms with van der Waals surface area (Å²) >= 11 is 12.0. The number of carbonyl (C=O) groups excluding carboxylic acids is 1. The average Bonchev–Trinajstić information content (AvgIpc) is 3.00. The van der Waals surface area contributed by atoms with Crippen molar-refractivity contribution in [1.82, 2.24) is 0 Å². The fraction of sp³-hybridized carbons (Fsp3) is 0.176. The van der Waals surface area contributed by atoms with Crippen LogP contribution in [0.15, 0.2) is 90.3 Å². The first-order valence-electron chi connectivity index (χ1n) is 13.7. The van der Waals surface area contributed by atoms with Gasteiger partial charge in [0, 0.05) is 16.7 Å². The van der Waals surface area contributed by atoms with Gasteiger partial charge >= 0.3 is 5.97 Å². The lowest BCUT2D eigenvalue weighted by atomic mass is 9.83. The number of halogens is 2. The zero-order chi connectivity index (χ0) is 31.2. The first-order chi connectivity index (χ1) is 21.2. The number of nitrogens with two attached hydrogens (primary N) is 1. The first kappa shape index (κ1) is 30.6. The number of carbonyl (C=O) groups is 1. The Morgan fingerprint density at radius 3 is 2.43 bits per heavy atom. The van der Waals surface area contributed by atoms with Gasteiger partial charge in [-0.1, -0.05) is 65.2 Å². The third kappa shape index (κ3) is 7.03. The molecule has 0 spiro atoms. The zero-order valence-electron chi connectivity index (χ0n) is 23.9. The van der Waals surface area contributed by atoms with Gasteiger partial charge in [-0.25, -0.2) is 4.79 Å². The van der Waals surface area contributed by atoms with Gasteiger partial charge in [-0.2, -0.15) is 5.26 Å². The van der Waals surface area contributed by atoms with Gasteiger partial charge < -0.3 is 29.4 Å². The Bertz CT molecular complexity index is 1770. The second-order valence-corrected chi connectivity index (χ2v) is 10.7. The monoisotopic (exact) mass is 630 g/mol. The maximum atomic E-state index is 12.5. The van der Waals surface area contributed by atoms with Gasteiger partial charge in [0.1, 0.15) is 35.5 Å². The molecule has 0 aliphatic carbocycles. The van der Waals surface area contributed by atoms with Crippen molar-refractivity contribution in [3.8, 4) is 34.8 Å². The van der Waals surface area contributed by atoms with E-state index in [1.165, 1.54) is 11.6 Å². The van der Waals surface area contributed by atoms with Crippen LogP contribution in [0.1, 0.15) is 35.1 Å². The predicted molar refractivity (Wildman–Crippen MR) is 166 cm³/mol. The molecular weight excluding hydrogens is 603 g/mol. The number of hydrogen-bond donors (Lipinski definition) is 1. The highest BCUT2D eigenvalue weighted by molar-refractivity contribution is 6.35. The molecule has 10 heteroatoms. The first-order valence-corrected chi connectivity index (χ1v) is 14.5. The molecule has 1 aliphatic heterocycles. The van der Waals surface area contributed by atoms with Crippen LogP contribution in [-0.2, 0) is 11.4 Å². The van der Waals surface area contributed by atoms with Crippen molar-refractivity contribution < 1.29 is 28.5 Å². The summed E-state index contributed by atoms with van der Waals surface area (Å²) in [6.07, 6.45) is 0. The molecule has 1 aliphatic rings. The summed E-state index contributed by atoms with van der Waals surface area (Å²) in [5.74, 6) is 0.686. The van der Waals surface area contributed by atoms with Crippen LogP contribution < -0.4 is 29.4 Å². The van der Waals surface area contributed by atoms with Crippen molar-refractivity contribution in [2.45, 2.75) is 26.4 Å². The van der Waals surface area contributed by atoms with Crippen molar-refractivity contribution in [2.75, 3.05) is 13.2 Å². The molecule has 1 heterocycles. The Labute approximate surface area is 265 Å². The van der Waals surface area contributed by atoms with Crippen molar-refractivity contribution in [3.63, 3.8) is 0 Å². The molecule has 0 saturated carbocycles. The highest BCUT2D eigenvalue weighted by atomic mass is 35.5. The lowest BCUT2D eigenvalue weighted by molar-refractivity contribution is -0.136. The molecule has 1 atom stereocenters. The Morgan fingerprint density at radius 2 is 1.70 bits per heavy atom. The standard InChI is InChI=1S/C34H28Cl2N2O6/c1-3-40-31-14-22(8-12-29(31)41-18-21-6-4-20(2)5-7-21)33-25-11-10-24(16-30(25)44-34(38)26(33)17-37)43-32(39)19-42-28-13-9-23(35)15-27(28)36/h4-16,33H,3,18-19,38H2,1-2H3. The third-order valence-corrected chi connectivity index (χ3v) is 7.31. The van der Waals surface area contributed by atoms with Crippen molar-refractivity contribution in [1.29, 1.82) is 5.26 Å². The van der Waals surface area contributed by atoms with E-state index in [9.17, 15) is 10.1 Å². The maximum Gasteiger partial charge on any atom is 0.349 e. The van der Waals surface area contributed by atoms with Crippen LogP contribution in [0.4, 0.5) is 0 Å². The summed E-state index contributed by atoms with van der Waals surface area (Å²) in [4.78, 5) is 12.5. The number of fused-ring (bicyclic) bond motifs is 1. The number of benzene rings is 4. The van der Waals surface area contributed by atoms with E-state index in [1.54, 1.807) is 30.3 Å². The van der Waals surface area contributed by atoms with E-state index < -0.39 is 11.9 Å². The zero-order valence-corrected chi connectivity index (χ0v) is 25.4. The summed E-state index contributed by atoms with van der Waals surface area (Å²) in [7, 11) is 0. The van der Waals surface area contributed by atoms with Gasteiger partial charge in [-0.3, -0.25) is 0 Å². The Hall–Kier alpha value is -4.84. The van der Waals surface area contributed by atoms with Gasteiger partial charge in [0.25, 0.3) is 0 Å². The number of nitriles is 1. The van der Waals surface area contributed by atoms with Crippen LogP contribution in [0.2, 0.25) is 10.0 Å². The van der Waals surface area contributed by atoms with Crippen LogP contribution in [0, 0.1) is 18.3 Å². The molecule has 44 heavy (non-hydrogen) atoms. The molecular formula is C34H28Cl2N2O6. The van der Waals surface area contributed by atoms with Gasteiger partial charge in [0.05, 0.1) is 17.5 Å². The molecule has 2 N–H and O–H groups in total. The van der Waals surface area contributed by atoms with E-state index in [1.807, 2.05) is 56.3 Å². The largest absolute Gasteiger partial charge is 0.490 e. The normalized spacial score (nSPS) is 13.8.